The van der Waals surface area contributed by atoms with Crippen LogP contribution in [-0.4, -0.2) is 25.7 Å². The van der Waals surface area contributed by atoms with Gasteiger partial charge in [0.15, 0.2) is 0 Å². The number of hydrogen-bond donors (Lipinski definition) is 1. The topological polar surface area (TPSA) is 15.3 Å². The van der Waals surface area contributed by atoms with Crippen molar-refractivity contribution in [3.05, 3.63) is 29.8 Å². The number of hydrogen-bond acceptors (Lipinski definition) is 2. The van der Waals surface area contributed by atoms with Gasteiger partial charge < -0.3 is 10.2 Å². The van der Waals surface area contributed by atoms with Crippen LogP contribution in [0.4, 0.5) is 5.69 Å². The zero-order chi connectivity index (χ0) is 15.2. The highest BCUT2D eigenvalue weighted by Gasteiger charge is 2.29. The van der Waals surface area contributed by atoms with Gasteiger partial charge in [-0.3, -0.25) is 0 Å². The third kappa shape index (κ3) is 4.47. The molecule has 1 aliphatic carbocycles. The van der Waals surface area contributed by atoms with Gasteiger partial charge in [-0.1, -0.05) is 26.0 Å². The van der Waals surface area contributed by atoms with Gasteiger partial charge in [-0.15, -0.1) is 0 Å². The summed E-state index contributed by atoms with van der Waals surface area (Å²) in [5.41, 5.74) is 2.73. The minimum atomic E-state index is 0.699. The Morgan fingerprint density at radius 1 is 1.24 bits per heavy atom. The average Bonchev–Trinajstić information content (AvgIpc) is 2.47. The van der Waals surface area contributed by atoms with Crippen LogP contribution in [0.5, 0.6) is 0 Å². The SMILES string of the molecule is CCNC1CCC(C)CC1CN(CC)c1cccc(C)c1. The van der Waals surface area contributed by atoms with E-state index in [-0.39, 0.29) is 0 Å². The van der Waals surface area contributed by atoms with Gasteiger partial charge in [-0.2, -0.15) is 0 Å². The molecule has 21 heavy (non-hydrogen) atoms. The van der Waals surface area contributed by atoms with E-state index in [1.165, 1.54) is 37.1 Å². The molecule has 1 saturated carbocycles. The minimum Gasteiger partial charge on any atom is -0.371 e. The first-order valence-corrected chi connectivity index (χ1v) is 8.69. The lowest BCUT2D eigenvalue weighted by Gasteiger charge is -2.39. The van der Waals surface area contributed by atoms with Crippen molar-refractivity contribution in [2.24, 2.45) is 11.8 Å². The van der Waals surface area contributed by atoms with Crippen LogP contribution in [0.25, 0.3) is 0 Å². The lowest BCUT2D eigenvalue weighted by molar-refractivity contribution is 0.218. The molecule has 0 bridgehead atoms. The van der Waals surface area contributed by atoms with Crippen LogP contribution < -0.4 is 10.2 Å². The van der Waals surface area contributed by atoms with E-state index in [0.717, 1.165) is 24.9 Å². The highest BCUT2D eigenvalue weighted by molar-refractivity contribution is 5.48. The van der Waals surface area contributed by atoms with Gasteiger partial charge in [0.1, 0.15) is 0 Å². The fourth-order valence-corrected chi connectivity index (χ4v) is 3.76. The molecule has 0 heterocycles. The third-order valence-corrected chi connectivity index (χ3v) is 4.91. The van der Waals surface area contributed by atoms with E-state index in [2.05, 4.69) is 62.2 Å². The molecule has 2 nitrogen and oxygen atoms in total. The van der Waals surface area contributed by atoms with Crippen molar-refractivity contribution in [1.82, 2.24) is 5.32 Å². The molecule has 2 rings (SSSR count). The lowest BCUT2D eigenvalue weighted by Crippen LogP contribution is -2.45. The van der Waals surface area contributed by atoms with Gasteiger partial charge in [-0.05, 0) is 69.2 Å². The Kier molecular flexibility index (Phi) is 6.10. The molecule has 1 aromatic carbocycles. The quantitative estimate of drug-likeness (QED) is 0.842. The normalized spacial score (nSPS) is 25.8. The maximum atomic E-state index is 3.72. The smallest absolute Gasteiger partial charge is 0.0368 e. The summed E-state index contributed by atoms with van der Waals surface area (Å²) >= 11 is 0. The summed E-state index contributed by atoms with van der Waals surface area (Å²) in [5, 5.41) is 3.72. The van der Waals surface area contributed by atoms with E-state index in [9.17, 15) is 0 Å². The highest BCUT2D eigenvalue weighted by atomic mass is 15.1. The summed E-state index contributed by atoms with van der Waals surface area (Å²) in [6.07, 6.45) is 4.08. The second-order valence-electron chi connectivity index (χ2n) is 6.72. The molecule has 1 aromatic rings. The fraction of sp³-hybridized carbons (Fsp3) is 0.684. The summed E-state index contributed by atoms with van der Waals surface area (Å²) in [7, 11) is 0. The Hall–Kier alpha value is -1.02. The Labute approximate surface area is 130 Å². The first kappa shape index (κ1) is 16.4. The van der Waals surface area contributed by atoms with Crippen LogP contribution in [-0.2, 0) is 0 Å². The van der Waals surface area contributed by atoms with E-state index in [0.29, 0.717) is 6.04 Å². The average molecular weight is 288 g/mol. The summed E-state index contributed by atoms with van der Waals surface area (Å²) in [5.74, 6) is 1.65. The molecule has 0 spiro atoms. The second-order valence-corrected chi connectivity index (χ2v) is 6.72. The summed E-state index contributed by atoms with van der Waals surface area (Å²) in [6.45, 7) is 12.5. The van der Waals surface area contributed by atoms with Crippen LogP contribution in [0.3, 0.4) is 0 Å². The lowest BCUT2D eigenvalue weighted by atomic mass is 9.78. The summed E-state index contributed by atoms with van der Waals surface area (Å²) in [4.78, 5) is 2.56. The minimum absolute atomic E-state index is 0.699. The van der Waals surface area contributed by atoms with E-state index in [1.54, 1.807) is 0 Å². The van der Waals surface area contributed by atoms with Crippen LogP contribution >= 0.6 is 0 Å². The first-order chi connectivity index (χ1) is 10.1. The number of benzene rings is 1. The van der Waals surface area contributed by atoms with Crippen LogP contribution in [0.2, 0.25) is 0 Å². The van der Waals surface area contributed by atoms with Crippen molar-refractivity contribution in [2.45, 2.75) is 53.0 Å². The molecule has 3 atom stereocenters. The Morgan fingerprint density at radius 3 is 2.71 bits per heavy atom. The van der Waals surface area contributed by atoms with Gasteiger partial charge in [-0.25, -0.2) is 0 Å². The first-order valence-electron chi connectivity index (χ1n) is 8.69. The fourth-order valence-electron chi connectivity index (χ4n) is 3.76. The molecule has 0 amide bonds. The molecule has 0 aromatic heterocycles. The number of rotatable bonds is 6. The molecule has 3 unspecified atom stereocenters. The zero-order valence-electron chi connectivity index (χ0n) is 14.2. The predicted molar refractivity (Wildman–Crippen MR) is 93.0 cm³/mol. The van der Waals surface area contributed by atoms with Gasteiger partial charge in [0.05, 0.1) is 0 Å². The van der Waals surface area contributed by atoms with Crippen molar-refractivity contribution >= 4 is 5.69 Å². The predicted octanol–water partition coefficient (Wildman–Crippen LogP) is 4.24. The Bertz CT molecular complexity index is 429. The maximum absolute atomic E-state index is 3.72. The molecular formula is C19H32N2. The van der Waals surface area contributed by atoms with Crippen molar-refractivity contribution in [3.63, 3.8) is 0 Å². The van der Waals surface area contributed by atoms with E-state index in [1.807, 2.05) is 0 Å². The molecule has 118 valence electrons. The van der Waals surface area contributed by atoms with Gasteiger partial charge in [0.2, 0.25) is 0 Å². The molecular weight excluding hydrogens is 256 g/mol. The maximum Gasteiger partial charge on any atom is 0.0368 e. The molecule has 1 N–H and O–H groups in total. The number of aryl methyl sites for hydroxylation is 1. The molecule has 0 saturated heterocycles. The third-order valence-electron chi connectivity index (χ3n) is 4.91. The summed E-state index contributed by atoms with van der Waals surface area (Å²) < 4.78 is 0. The standard InChI is InChI=1S/C19H32N2/c1-5-20-19-11-10-16(4)12-17(19)14-21(6-2)18-9-7-8-15(3)13-18/h7-9,13,16-17,19-20H,5-6,10-12,14H2,1-4H3. The summed E-state index contributed by atoms with van der Waals surface area (Å²) in [6, 6.07) is 9.63. The molecule has 2 heteroatoms. The number of anilines is 1. The van der Waals surface area contributed by atoms with Crippen molar-refractivity contribution in [2.75, 3.05) is 24.5 Å². The Balaban J connectivity index is 2.07. The van der Waals surface area contributed by atoms with Gasteiger partial charge >= 0.3 is 0 Å². The molecule has 1 aliphatic rings. The monoisotopic (exact) mass is 288 g/mol. The molecule has 0 aliphatic heterocycles. The Morgan fingerprint density at radius 2 is 2.05 bits per heavy atom. The number of nitrogens with one attached hydrogen (secondary N) is 1. The van der Waals surface area contributed by atoms with E-state index < -0.39 is 0 Å². The van der Waals surface area contributed by atoms with Crippen LogP contribution in [0, 0.1) is 18.8 Å². The molecule has 0 radical (unpaired) electrons. The molecule has 1 fully saturated rings. The van der Waals surface area contributed by atoms with Crippen molar-refractivity contribution in [3.8, 4) is 0 Å². The zero-order valence-corrected chi connectivity index (χ0v) is 14.2. The second kappa shape index (κ2) is 7.84. The van der Waals surface area contributed by atoms with Crippen LogP contribution in [0.1, 0.15) is 45.6 Å². The van der Waals surface area contributed by atoms with Crippen LogP contribution in [0.15, 0.2) is 24.3 Å². The van der Waals surface area contributed by atoms with Crippen molar-refractivity contribution in [1.29, 1.82) is 0 Å². The van der Waals surface area contributed by atoms with Gasteiger partial charge in [0, 0.05) is 24.8 Å². The highest BCUT2D eigenvalue weighted by Crippen LogP contribution is 2.31. The van der Waals surface area contributed by atoms with Crippen molar-refractivity contribution < 1.29 is 0 Å². The number of nitrogens with zero attached hydrogens (tertiary/aromatic N) is 1. The van der Waals surface area contributed by atoms with E-state index >= 15 is 0 Å². The van der Waals surface area contributed by atoms with Gasteiger partial charge in [0.25, 0.3) is 0 Å². The largest absolute Gasteiger partial charge is 0.371 e. The van der Waals surface area contributed by atoms with E-state index in [4.69, 9.17) is 0 Å².